The Bertz CT molecular complexity index is 403. The maximum absolute atomic E-state index is 10.1. The summed E-state index contributed by atoms with van der Waals surface area (Å²) in [5.41, 5.74) is 2.48. The summed E-state index contributed by atoms with van der Waals surface area (Å²) in [6.07, 6.45) is 1.78. The van der Waals surface area contributed by atoms with Gasteiger partial charge in [0, 0.05) is 0 Å². The third kappa shape index (κ3) is 4.50. The highest BCUT2D eigenvalue weighted by Gasteiger charge is 2.20. The van der Waals surface area contributed by atoms with E-state index in [1.165, 1.54) is 11.1 Å². The number of methoxy groups -OCH3 is 1. The largest absolute Gasteiger partial charge is 0.497 e. The summed E-state index contributed by atoms with van der Waals surface area (Å²) < 4.78 is 5.25. The van der Waals surface area contributed by atoms with Crippen LogP contribution in [0.15, 0.2) is 18.2 Å². The SMILES string of the molecule is CCCC(O)C(O)CC(C)c1ccc(OC)cc1CC. The van der Waals surface area contributed by atoms with Gasteiger partial charge in [0.15, 0.2) is 0 Å². The zero-order valence-corrected chi connectivity index (χ0v) is 13.1. The summed E-state index contributed by atoms with van der Waals surface area (Å²) >= 11 is 0. The number of rotatable bonds is 8. The van der Waals surface area contributed by atoms with E-state index in [1.807, 2.05) is 13.0 Å². The Hall–Kier alpha value is -1.06. The lowest BCUT2D eigenvalue weighted by molar-refractivity contribution is 0.00634. The first-order valence-electron chi connectivity index (χ1n) is 7.56. The quantitative estimate of drug-likeness (QED) is 0.768. The highest BCUT2D eigenvalue weighted by molar-refractivity contribution is 5.37. The molecule has 3 heteroatoms. The molecule has 0 aliphatic heterocycles. The molecule has 1 rings (SSSR count). The predicted molar refractivity (Wildman–Crippen MR) is 82.3 cm³/mol. The molecule has 0 aliphatic carbocycles. The van der Waals surface area contributed by atoms with Crippen LogP contribution in [0, 0.1) is 0 Å². The van der Waals surface area contributed by atoms with Crippen molar-refractivity contribution in [3.8, 4) is 5.75 Å². The molecule has 0 aromatic heterocycles. The zero-order chi connectivity index (χ0) is 15.1. The van der Waals surface area contributed by atoms with Gasteiger partial charge in [-0.25, -0.2) is 0 Å². The number of aliphatic hydroxyl groups is 2. The van der Waals surface area contributed by atoms with Crippen molar-refractivity contribution < 1.29 is 14.9 Å². The molecule has 3 atom stereocenters. The lowest BCUT2D eigenvalue weighted by Gasteiger charge is -2.23. The van der Waals surface area contributed by atoms with Crippen LogP contribution in [0.25, 0.3) is 0 Å². The molecular weight excluding hydrogens is 252 g/mol. The third-order valence-corrected chi connectivity index (χ3v) is 3.89. The number of benzene rings is 1. The predicted octanol–water partition coefficient (Wildman–Crippen LogP) is 3.27. The molecule has 0 aliphatic rings. The van der Waals surface area contributed by atoms with E-state index < -0.39 is 12.2 Å². The van der Waals surface area contributed by atoms with Crippen molar-refractivity contribution in [2.75, 3.05) is 7.11 Å². The molecule has 114 valence electrons. The molecule has 2 N–H and O–H groups in total. The van der Waals surface area contributed by atoms with Gasteiger partial charge in [0.05, 0.1) is 19.3 Å². The van der Waals surface area contributed by atoms with Crippen LogP contribution >= 0.6 is 0 Å². The lowest BCUT2D eigenvalue weighted by Crippen LogP contribution is -2.27. The minimum atomic E-state index is -0.656. The molecule has 20 heavy (non-hydrogen) atoms. The van der Waals surface area contributed by atoms with Crippen molar-refractivity contribution in [2.24, 2.45) is 0 Å². The average molecular weight is 280 g/mol. The molecule has 3 unspecified atom stereocenters. The Labute approximate surface area is 122 Å². The molecule has 0 amide bonds. The summed E-state index contributed by atoms with van der Waals surface area (Å²) in [5, 5.41) is 19.9. The van der Waals surface area contributed by atoms with Crippen LogP contribution in [0.2, 0.25) is 0 Å². The van der Waals surface area contributed by atoms with Crippen LogP contribution in [0.1, 0.15) is 57.1 Å². The summed E-state index contributed by atoms with van der Waals surface area (Å²) in [5.74, 6) is 1.08. The smallest absolute Gasteiger partial charge is 0.119 e. The van der Waals surface area contributed by atoms with Gasteiger partial charge in [0.2, 0.25) is 0 Å². The molecular formula is C17H28O3. The van der Waals surface area contributed by atoms with E-state index in [9.17, 15) is 10.2 Å². The van der Waals surface area contributed by atoms with E-state index in [0.29, 0.717) is 12.8 Å². The normalized spacial score (nSPS) is 15.7. The van der Waals surface area contributed by atoms with E-state index in [2.05, 4.69) is 26.0 Å². The summed E-state index contributed by atoms with van der Waals surface area (Å²) in [6.45, 7) is 6.23. The molecule has 0 saturated heterocycles. The van der Waals surface area contributed by atoms with Gasteiger partial charge in [0.1, 0.15) is 5.75 Å². The minimum Gasteiger partial charge on any atom is -0.497 e. The molecule has 0 fully saturated rings. The number of ether oxygens (including phenoxy) is 1. The van der Waals surface area contributed by atoms with Gasteiger partial charge < -0.3 is 14.9 Å². The average Bonchev–Trinajstić information content (AvgIpc) is 2.46. The first kappa shape index (κ1) is 17.0. The van der Waals surface area contributed by atoms with Crippen molar-refractivity contribution in [3.05, 3.63) is 29.3 Å². The Morgan fingerprint density at radius 3 is 2.40 bits per heavy atom. The Kier molecular flexibility index (Phi) is 7.03. The van der Waals surface area contributed by atoms with Gasteiger partial charge in [-0.15, -0.1) is 0 Å². The van der Waals surface area contributed by atoms with Gasteiger partial charge in [-0.05, 0) is 48.4 Å². The first-order valence-corrected chi connectivity index (χ1v) is 7.56. The number of hydrogen-bond donors (Lipinski definition) is 2. The molecule has 1 aromatic rings. The van der Waals surface area contributed by atoms with E-state index in [0.717, 1.165) is 18.6 Å². The Morgan fingerprint density at radius 1 is 1.15 bits per heavy atom. The molecule has 3 nitrogen and oxygen atoms in total. The number of aliphatic hydroxyl groups excluding tert-OH is 2. The van der Waals surface area contributed by atoms with Crippen molar-refractivity contribution in [1.82, 2.24) is 0 Å². The van der Waals surface area contributed by atoms with E-state index >= 15 is 0 Å². The fraction of sp³-hybridized carbons (Fsp3) is 0.647. The monoisotopic (exact) mass is 280 g/mol. The number of aryl methyl sites for hydroxylation is 1. The molecule has 0 bridgehead atoms. The summed E-state index contributed by atoms with van der Waals surface area (Å²) in [7, 11) is 1.67. The van der Waals surface area contributed by atoms with Gasteiger partial charge in [-0.1, -0.05) is 33.3 Å². The maximum atomic E-state index is 10.1. The molecule has 0 saturated carbocycles. The van der Waals surface area contributed by atoms with E-state index in [-0.39, 0.29) is 5.92 Å². The van der Waals surface area contributed by atoms with Crippen molar-refractivity contribution in [1.29, 1.82) is 0 Å². The third-order valence-electron chi connectivity index (χ3n) is 3.89. The van der Waals surface area contributed by atoms with Crippen molar-refractivity contribution in [2.45, 2.75) is 64.6 Å². The Morgan fingerprint density at radius 2 is 1.85 bits per heavy atom. The topological polar surface area (TPSA) is 49.7 Å². The fourth-order valence-electron chi connectivity index (χ4n) is 2.63. The first-order chi connectivity index (χ1) is 9.53. The van der Waals surface area contributed by atoms with E-state index in [4.69, 9.17) is 4.74 Å². The van der Waals surface area contributed by atoms with Crippen LogP contribution in [-0.4, -0.2) is 29.5 Å². The van der Waals surface area contributed by atoms with Gasteiger partial charge in [-0.2, -0.15) is 0 Å². The summed E-state index contributed by atoms with van der Waals surface area (Å²) in [4.78, 5) is 0. The molecule has 0 spiro atoms. The zero-order valence-electron chi connectivity index (χ0n) is 13.1. The van der Waals surface area contributed by atoms with Gasteiger partial charge in [0.25, 0.3) is 0 Å². The molecule has 1 aromatic carbocycles. The molecule has 0 heterocycles. The number of hydrogen-bond acceptors (Lipinski definition) is 3. The second-order valence-electron chi connectivity index (χ2n) is 5.48. The highest BCUT2D eigenvalue weighted by atomic mass is 16.5. The van der Waals surface area contributed by atoms with Crippen LogP contribution < -0.4 is 4.74 Å². The van der Waals surface area contributed by atoms with Crippen LogP contribution in [0.4, 0.5) is 0 Å². The fourth-order valence-corrected chi connectivity index (χ4v) is 2.63. The van der Waals surface area contributed by atoms with Crippen LogP contribution in [0.5, 0.6) is 5.75 Å². The van der Waals surface area contributed by atoms with Crippen LogP contribution in [-0.2, 0) is 6.42 Å². The van der Waals surface area contributed by atoms with E-state index in [1.54, 1.807) is 7.11 Å². The minimum absolute atomic E-state index is 0.220. The second kappa shape index (κ2) is 8.28. The maximum Gasteiger partial charge on any atom is 0.119 e. The summed E-state index contributed by atoms with van der Waals surface area (Å²) in [6, 6.07) is 6.09. The van der Waals surface area contributed by atoms with Crippen molar-refractivity contribution >= 4 is 0 Å². The van der Waals surface area contributed by atoms with Crippen molar-refractivity contribution in [3.63, 3.8) is 0 Å². The second-order valence-corrected chi connectivity index (χ2v) is 5.48. The lowest BCUT2D eigenvalue weighted by atomic mass is 9.88. The van der Waals surface area contributed by atoms with Crippen LogP contribution in [0.3, 0.4) is 0 Å². The van der Waals surface area contributed by atoms with Gasteiger partial charge in [-0.3, -0.25) is 0 Å². The highest BCUT2D eigenvalue weighted by Crippen LogP contribution is 2.28. The molecule has 0 radical (unpaired) electrons. The standard InChI is InChI=1S/C17H28O3/c1-5-7-16(18)17(19)10-12(3)15-9-8-14(20-4)11-13(15)6-2/h8-9,11-12,16-19H,5-7,10H2,1-4H3. The Balaban J connectivity index is 2.78. The van der Waals surface area contributed by atoms with Gasteiger partial charge >= 0.3 is 0 Å².